The van der Waals surface area contributed by atoms with E-state index in [-0.39, 0.29) is 5.92 Å². The molecule has 2 heteroatoms. The summed E-state index contributed by atoms with van der Waals surface area (Å²) in [6.07, 6.45) is 5.12. The molecular formula is C16H19NO. The van der Waals surface area contributed by atoms with Crippen molar-refractivity contribution in [3.63, 3.8) is 0 Å². The first-order valence-electron chi connectivity index (χ1n) is 6.51. The fraction of sp³-hybridized carbons (Fsp3) is 0.312. The number of phenols is 1. The molecule has 1 heterocycles. The number of pyridine rings is 1. The Balaban J connectivity index is 2.34. The van der Waals surface area contributed by atoms with Gasteiger partial charge < -0.3 is 5.11 Å². The Bertz CT molecular complexity index is 481. The Hall–Kier alpha value is -1.83. The van der Waals surface area contributed by atoms with Crippen LogP contribution in [0, 0.1) is 0 Å². The van der Waals surface area contributed by atoms with Crippen LogP contribution in [0.4, 0.5) is 0 Å². The summed E-state index contributed by atoms with van der Waals surface area (Å²) in [4.78, 5) is 4.44. The third-order valence-electron chi connectivity index (χ3n) is 3.20. The van der Waals surface area contributed by atoms with E-state index >= 15 is 0 Å². The van der Waals surface area contributed by atoms with Crippen molar-refractivity contribution in [1.82, 2.24) is 4.98 Å². The van der Waals surface area contributed by atoms with Crippen LogP contribution in [0.3, 0.4) is 0 Å². The molecule has 1 atom stereocenters. The summed E-state index contributed by atoms with van der Waals surface area (Å²) in [6.45, 7) is 2.18. The van der Waals surface area contributed by atoms with Crippen LogP contribution in [0.1, 0.15) is 43.4 Å². The maximum atomic E-state index is 10.0. The molecule has 0 saturated heterocycles. The second-order valence-electron chi connectivity index (χ2n) is 4.51. The van der Waals surface area contributed by atoms with E-state index in [9.17, 15) is 5.11 Å². The second-order valence-corrected chi connectivity index (χ2v) is 4.51. The van der Waals surface area contributed by atoms with Gasteiger partial charge in [0.25, 0.3) is 0 Å². The molecule has 1 aromatic heterocycles. The average molecular weight is 241 g/mol. The summed E-state index contributed by atoms with van der Waals surface area (Å²) in [5.41, 5.74) is 2.01. The van der Waals surface area contributed by atoms with Gasteiger partial charge in [0.05, 0.1) is 0 Å². The third-order valence-corrected chi connectivity index (χ3v) is 3.20. The number of hydrogen-bond donors (Lipinski definition) is 1. The Morgan fingerprint density at radius 3 is 2.56 bits per heavy atom. The third kappa shape index (κ3) is 2.89. The molecule has 94 valence electrons. The molecule has 0 spiro atoms. The molecule has 1 unspecified atom stereocenters. The van der Waals surface area contributed by atoms with Crippen LogP contribution in [0.2, 0.25) is 0 Å². The van der Waals surface area contributed by atoms with Gasteiger partial charge in [-0.05, 0) is 24.6 Å². The predicted octanol–water partition coefficient (Wildman–Crippen LogP) is 4.11. The molecule has 1 N–H and O–H groups in total. The molecule has 2 aromatic rings. The molecule has 1 aromatic carbocycles. The van der Waals surface area contributed by atoms with Gasteiger partial charge in [0.15, 0.2) is 0 Å². The summed E-state index contributed by atoms with van der Waals surface area (Å²) in [6, 6.07) is 13.5. The van der Waals surface area contributed by atoms with Crippen LogP contribution in [-0.2, 0) is 0 Å². The van der Waals surface area contributed by atoms with Crippen molar-refractivity contribution < 1.29 is 5.11 Å². The summed E-state index contributed by atoms with van der Waals surface area (Å²) in [5.74, 6) is 0.552. The minimum Gasteiger partial charge on any atom is -0.508 e. The molecule has 2 nitrogen and oxygen atoms in total. The maximum absolute atomic E-state index is 10.0. The average Bonchev–Trinajstić information content (AvgIpc) is 2.42. The van der Waals surface area contributed by atoms with Crippen molar-refractivity contribution >= 4 is 0 Å². The van der Waals surface area contributed by atoms with Gasteiger partial charge in [-0.1, -0.05) is 44.0 Å². The largest absolute Gasteiger partial charge is 0.508 e. The van der Waals surface area contributed by atoms with Gasteiger partial charge in [-0.25, -0.2) is 0 Å². The number of unbranched alkanes of at least 4 members (excludes halogenated alkanes) is 1. The van der Waals surface area contributed by atoms with Crippen LogP contribution >= 0.6 is 0 Å². The van der Waals surface area contributed by atoms with Crippen molar-refractivity contribution in [3.05, 3.63) is 59.9 Å². The summed E-state index contributed by atoms with van der Waals surface area (Å²) >= 11 is 0. The molecule has 0 bridgehead atoms. The highest BCUT2D eigenvalue weighted by atomic mass is 16.3. The molecule has 0 aliphatic carbocycles. The van der Waals surface area contributed by atoms with Crippen LogP contribution in [0.5, 0.6) is 5.75 Å². The van der Waals surface area contributed by atoms with Crippen molar-refractivity contribution in [1.29, 1.82) is 0 Å². The fourth-order valence-corrected chi connectivity index (χ4v) is 2.24. The lowest BCUT2D eigenvalue weighted by Crippen LogP contribution is -2.03. The highest BCUT2D eigenvalue weighted by molar-refractivity contribution is 5.39. The molecule has 0 aliphatic rings. The smallest absolute Gasteiger partial charge is 0.119 e. The van der Waals surface area contributed by atoms with Gasteiger partial charge in [0, 0.05) is 23.4 Å². The molecule has 18 heavy (non-hydrogen) atoms. The van der Waals surface area contributed by atoms with Crippen molar-refractivity contribution in [2.75, 3.05) is 0 Å². The summed E-state index contributed by atoms with van der Waals surface area (Å²) in [7, 11) is 0. The van der Waals surface area contributed by atoms with E-state index in [1.807, 2.05) is 42.6 Å². The van der Waals surface area contributed by atoms with Crippen molar-refractivity contribution in [2.24, 2.45) is 0 Å². The van der Waals surface area contributed by atoms with Gasteiger partial charge >= 0.3 is 0 Å². The number of rotatable bonds is 5. The Morgan fingerprint density at radius 2 is 1.89 bits per heavy atom. The minimum atomic E-state index is 0.187. The maximum Gasteiger partial charge on any atom is 0.119 e. The molecular weight excluding hydrogens is 222 g/mol. The molecule has 2 rings (SSSR count). The Labute approximate surface area is 108 Å². The lowest BCUT2D eigenvalue weighted by atomic mass is 9.89. The number of hydrogen-bond acceptors (Lipinski definition) is 2. The molecule has 0 amide bonds. The standard InChI is InChI=1S/C16H19NO/c1-2-3-8-13(15-10-6-7-12-17-15)14-9-4-5-11-16(14)18/h4-7,9-13,18H,2-3,8H2,1H3. The topological polar surface area (TPSA) is 33.1 Å². The van der Waals surface area contributed by atoms with Gasteiger partial charge in [0.2, 0.25) is 0 Å². The van der Waals surface area contributed by atoms with Gasteiger partial charge in [-0.3, -0.25) is 4.98 Å². The van der Waals surface area contributed by atoms with Gasteiger partial charge in [-0.15, -0.1) is 0 Å². The van der Waals surface area contributed by atoms with E-state index in [1.165, 1.54) is 0 Å². The monoisotopic (exact) mass is 241 g/mol. The van der Waals surface area contributed by atoms with E-state index in [2.05, 4.69) is 11.9 Å². The summed E-state index contributed by atoms with van der Waals surface area (Å²) < 4.78 is 0. The zero-order valence-corrected chi connectivity index (χ0v) is 10.7. The van der Waals surface area contributed by atoms with E-state index in [1.54, 1.807) is 6.07 Å². The predicted molar refractivity (Wildman–Crippen MR) is 73.7 cm³/mol. The lowest BCUT2D eigenvalue weighted by Gasteiger charge is -2.17. The van der Waals surface area contributed by atoms with Crippen LogP contribution < -0.4 is 0 Å². The van der Waals surface area contributed by atoms with Crippen LogP contribution in [0.15, 0.2) is 48.7 Å². The first-order chi connectivity index (χ1) is 8.83. The molecule has 0 saturated carbocycles. The van der Waals surface area contributed by atoms with Crippen LogP contribution in [0.25, 0.3) is 0 Å². The molecule has 0 radical (unpaired) electrons. The van der Waals surface area contributed by atoms with E-state index in [0.717, 1.165) is 30.5 Å². The van der Waals surface area contributed by atoms with Gasteiger partial charge in [-0.2, -0.15) is 0 Å². The first-order valence-corrected chi connectivity index (χ1v) is 6.51. The molecule has 0 fully saturated rings. The quantitative estimate of drug-likeness (QED) is 0.854. The summed E-state index contributed by atoms with van der Waals surface area (Å²) in [5, 5.41) is 10.0. The number of aromatic nitrogens is 1. The first kappa shape index (κ1) is 12.6. The molecule has 0 aliphatic heterocycles. The lowest BCUT2D eigenvalue weighted by molar-refractivity contribution is 0.460. The normalized spacial score (nSPS) is 12.3. The highest BCUT2D eigenvalue weighted by Crippen LogP contribution is 2.33. The van der Waals surface area contributed by atoms with Crippen LogP contribution in [-0.4, -0.2) is 10.1 Å². The fourth-order valence-electron chi connectivity index (χ4n) is 2.24. The highest BCUT2D eigenvalue weighted by Gasteiger charge is 2.17. The Kier molecular flexibility index (Phi) is 4.35. The zero-order valence-electron chi connectivity index (χ0n) is 10.7. The van der Waals surface area contributed by atoms with E-state index in [4.69, 9.17) is 0 Å². The number of nitrogens with zero attached hydrogens (tertiary/aromatic N) is 1. The second kappa shape index (κ2) is 6.20. The van der Waals surface area contributed by atoms with Gasteiger partial charge in [0.1, 0.15) is 5.75 Å². The number of para-hydroxylation sites is 1. The van der Waals surface area contributed by atoms with Crippen molar-refractivity contribution in [3.8, 4) is 5.75 Å². The SMILES string of the molecule is CCCCC(c1ccccn1)c1ccccc1O. The zero-order chi connectivity index (χ0) is 12.8. The van der Waals surface area contributed by atoms with E-state index < -0.39 is 0 Å². The van der Waals surface area contributed by atoms with Crippen molar-refractivity contribution in [2.45, 2.75) is 32.1 Å². The number of phenolic OH excluding ortho intramolecular Hbond substituents is 1. The van der Waals surface area contributed by atoms with E-state index in [0.29, 0.717) is 5.75 Å². The number of aromatic hydroxyl groups is 1. The number of benzene rings is 1. The minimum absolute atomic E-state index is 0.187. The Morgan fingerprint density at radius 1 is 1.11 bits per heavy atom.